The SMILES string of the molecule is CCCc1nc(Br)c2ccc(OC)cc2n1. The van der Waals surface area contributed by atoms with E-state index >= 15 is 0 Å². The molecule has 3 nitrogen and oxygen atoms in total. The number of nitrogens with zero attached hydrogens (tertiary/aromatic N) is 2. The highest BCUT2D eigenvalue weighted by Crippen LogP contribution is 2.24. The van der Waals surface area contributed by atoms with E-state index in [9.17, 15) is 0 Å². The van der Waals surface area contributed by atoms with E-state index in [-0.39, 0.29) is 0 Å². The van der Waals surface area contributed by atoms with Crippen LogP contribution in [0.3, 0.4) is 0 Å². The Labute approximate surface area is 103 Å². The molecule has 0 N–H and O–H groups in total. The second-order valence-corrected chi connectivity index (χ2v) is 4.31. The van der Waals surface area contributed by atoms with Crippen LogP contribution in [0, 0.1) is 0 Å². The average molecular weight is 281 g/mol. The summed E-state index contributed by atoms with van der Waals surface area (Å²) < 4.78 is 6.04. The molecule has 4 heteroatoms. The highest BCUT2D eigenvalue weighted by Gasteiger charge is 2.06. The Bertz CT molecular complexity index is 514. The minimum Gasteiger partial charge on any atom is -0.497 e. The molecule has 0 saturated heterocycles. The van der Waals surface area contributed by atoms with Crippen molar-refractivity contribution < 1.29 is 4.74 Å². The quantitative estimate of drug-likeness (QED) is 0.809. The standard InChI is InChI=1S/C12H13BrN2O/c1-3-4-11-14-10-7-8(16-2)5-6-9(10)12(13)15-11/h5-7H,3-4H2,1-2H3. The van der Waals surface area contributed by atoms with Crippen molar-refractivity contribution in [3.05, 3.63) is 28.6 Å². The molecule has 2 rings (SSSR count). The van der Waals surface area contributed by atoms with Crippen molar-refractivity contribution in [3.63, 3.8) is 0 Å². The fraction of sp³-hybridized carbons (Fsp3) is 0.333. The van der Waals surface area contributed by atoms with Crippen molar-refractivity contribution in [1.29, 1.82) is 0 Å². The molecule has 16 heavy (non-hydrogen) atoms. The number of aryl methyl sites for hydroxylation is 1. The van der Waals surface area contributed by atoms with Crippen LogP contribution in [0.15, 0.2) is 22.8 Å². The van der Waals surface area contributed by atoms with Crippen LogP contribution in [0.2, 0.25) is 0 Å². The summed E-state index contributed by atoms with van der Waals surface area (Å²) in [6, 6.07) is 5.81. The summed E-state index contributed by atoms with van der Waals surface area (Å²) in [7, 11) is 1.66. The first-order valence-electron chi connectivity index (χ1n) is 5.24. The number of methoxy groups -OCH3 is 1. The van der Waals surface area contributed by atoms with Gasteiger partial charge in [0.2, 0.25) is 0 Å². The monoisotopic (exact) mass is 280 g/mol. The highest BCUT2D eigenvalue weighted by molar-refractivity contribution is 9.10. The number of hydrogen-bond acceptors (Lipinski definition) is 3. The van der Waals surface area contributed by atoms with Crippen molar-refractivity contribution in [2.75, 3.05) is 7.11 Å². The molecule has 1 aromatic carbocycles. The molecular formula is C12H13BrN2O. The predicted molar refractivity (Wildman–Crippen MR) is 67.8 cm³/mol. The zero-order chi connectivity index (χ0) is 11.5. The predicted octanol–water partition coefficient (Wildman–Crippen LogP) is 3.35. The largest absolute Gasteiger partial charge is 0.497 e. The van der Waals surface area contributed by atoms with Crippen LogP contribution in [0.4, 0.5) is 0 Å². The van der Waals surface area contributed by atoms with E-state index in [4.69, 9.17) is 4.74 Å². The third-order valence-electron chi connectivity index (χ3n) is 2.38. The summed E-state index contributed by atoms with van der Waals surface area (Å²) in [5, 5.41) is 1.01. The fourth-order valence-corrected chi connectivity index (χ4v) is 2.12. The molecular weight excluding hydrogens is 268 g/mol. The lowest BCUT2D eigenvalue weighted by molar-refractivity contribution is 0.415. The van der Waals surface area contributed by atoms with Crippen LogP contribution in [0.25, 0.3) is 10.9 Å². The number of hydrogen-bond donors (Lipinski definition) is 0. The van der Waals surface area contributed by atoms with Gasteiger partial charge in [-0.3, -0.25) is 0 Å². The summed E-state index contributed by atoms with van der Waals surface area (Å²) in [6.07, 6.45) is 1.94. The van der Waals surface area contributed by atoms with Crippen LogP contribution in [0.1, 0.15) is 19.2 Å². The number of benzene rings is 1. The van der Waals surface area contributed by atoms with Gasteiger partial charge in [-0.05, 0) is 34.5 Å². The van der Waals surface area contributed by atoms with E-state index in [0.717, 1.165) is 39.9 Å². The Morgan fingerprint density at radius 3 is 2.81 bits per heavy atom. The van der Waals surface area contributed by atoms with E-state index < -0.39 is 0 Å². The second-order valence-electron chi connectivity index (χ2n) is 3.56. The lowest BCUT2D eigenvalue weighted by Gasteiger charge is -2.05. The van der Waals surface area contributed by atoms with Crippen LogP contribution >= 0.6 is 15.9 Å². The Balaban J connectivity index is 2.58. The van der Waals surface area contributed by atoms with Crippen molar-refractivity contribution in [2.24, 2.45) is 0 Å². The molecule has 0 spiro atoms. The van der Waals surface area contributed by atoms with Crippen molar-refractivity contribution in [1.82, 2.24) is 9.97 Å². The van der Waals surface area contributed by atoms with Crippen molar-refractivity contribution in [3.8, 4) is 5.75 Å². The van der Waals surface area contributed by atoms with Gasteiger partial charge in [0.15, 0.2) is 0 Å². The minimum absolute atomic E-state index is 0.820. The third kappa shape index (κ3) is 2.16. The summed E-state index contributed by atoms with van der Waals surface area (Å²) >= 11 is 3.47. The molecule has 0 unspecified atom stereocenters. The van der Waals surface area contributed by atoms with Gasteiger partial charge in [-0.25, -0.2) is 9.97 Å². The first kappa shape index (κ1) is 11.3. The fourth-order valence-electron chi connectivity index (χ4n) is 1.58. The molecule has 0 saturated carbocycles. The molecule has 0 fully saturated rings. The molecule has 0 aliphatic heterocycles. The molecule has 0 aliphatic rings. The summed E-state index contributed by atoms with van der Waals surface area (Å²) in [4.78, 5) is 8.92. The number of ether oxygens (including phenoxy) is 1. The van der Waals surface area contributed by atoms with E-state index in [1.54, 1.807) is 7.11 Å². The molecule has 0 atom stereocenters. The van der Waals surface area contributed by atoms with Crippen LogP contribution in [-0.4, -0.2) is 17.1 Å². The number of fused-ring (bicyclic) bond motifs is 1. The van der Waals surface area contributed by atoms with Gasteiger partial charge in [-0.15, -0.1) is 0 Å². The van der Waals surface area contributed by atoms with Gasteiger partial charge in [-0.2, -0.15) is 0 Å². The minimum atomic E-state index is 0.820. The lowest BCUT2D eigenvalue weighted by atomic mass is 10.2. The van der Waals surface area contributed by atoms with Crippen LogP contribution in [0.5, 0.6) is 5.75 Å². The highest BCUT2D eigenvalue weighted by atomic mass is 79.9. The van der Waals surface area contributed by atoms with Crippen molar-refractivity contribution >= 4 is 26.8 Å². The smallest absolute Gasteiger partial charge is 0.130 e. The zero-order valence-corrected chi connectivity index (χ0v) is 10.9. The Hall–Kier alpha value is -1.16. The Kier molecular flexibility index (Phi) is 3.39. The first-order chi connectivity index (χ1) is 7.74. The maximum atomic E-state index is 5.19. The molecule has 1 aromatic heterocycles. The van der Waals surface area contributed by atoms with E-state index in [1.807, 2.05) is 18.2 Å². The lowest BCUT2D eigenvalue weighted by Crippen LogP contribution is -1.96. The van der Waals surface area contributed by atoms with Crippen molar-refractivity contribution in [2.45, 2.75) is 19.8 Å². The topological polar surface area (TPSA) is 35.0 Å². The normalized spacial score (nSPS) is 10.7. The molecule has 0 amide bonds. The van der Waals surface area contributed by atoms with Gasteiger partial charge in [-0.1, -0.05) is 6.92 Å². The first-order valence-corrected chi connectivity index (χ1v) is 6.04. The van der Waals surface area contributed by atoms with Gasteiger partial charge in [0.05, 0.1) is 12.6 Å². The van der Waals surface area contributed by atoms with Crippen LogP contribution in [-0.2, 0) is 6.42 Å². The van der Waals surface area contributed by atoms with E-state index in [2.05, 4.69) is 32.8 Å². The van der Waals surface area contributed by atoms with Gasteiger partial charge < -0.3 is 4.74 Å². The van der Waals surface area contributed by atoms with E-state index in [1.165, 1.54) is 0 Å². The summed E-state index contributed by atoms with van der Waals surface area (Å²) in [5.41, 5.74) is 0.921. The Morgan fingerprint density at radius 2 is 2.12 bits per heavy atom. The third-order valence-corrected chi connectivity index (χ3v) is 2.98. The van der Waals surface area contributed by atoms with Gasteiger partial charge in [0.1, 0.15) is 16.2 Å². The van der Waals surface area contributed by atoms with Gasteiger partial charge in [0, 0.05) is 17.9 Å². The molecule has 0 aliphatic carbocycles. The number of halogens is 1. The average Bonchev–Trinajstić information content (AvgIpc) is 2.28. The molecule has 0 radical (unpaired) electrons. The maximum Gasteiger partial charge on any atom is 0.130 e. The number of rotatable bonds is 3. The van der Waals surface area contributed by atoms with Crippen LogP contribution < -0.4 is 4.74 Å². The molecule has 0 bridgehead atoms. The maximum absolute atomic E-state index is 5.19. The van der Waals surface area contributed by atoms with Gasteiger partial charge >= 0.3 is 0 Å². The van der Waals surface area contributed by atoms with Gasteiger partial charge in [0.25, 0.3) is 0 Å². The molecule has 1 heterocycles. The molecule has 2 aromatic rings. The number of aromatic nitrogens is 2. The Morgan fingerprint density at radius 1 is 1.31 bits per heavy atom. The second kappa shape index (κ2) is 4.78. The summed E-state index contributed by atoms with van der Waals surface area (Å²) in [5.74, 6) is 1.69. The zero-order valence-electron chi connectivity index (χ0n) is 9.33. The summed E-state index contributed by atoms with van der Waals surface area (Å²) in [6.45, 7) is 2.12. The molecule has 84 valence electrons. The van der Waals surface area contributed by atoms with E-state index in [0.29, 0.717) is 0 Å².